The number of halogens is 1. The maximum Gasteiger partial charge on any atom is 0.407 e. The van der Waals surface area contributed by atoms with Crippen molar-refractivity contribution in [2.24, 2.45) is 0 Å². The van der Waals surface area contributed by atoms with Crippen molar-refractivity contribution in [3.63, 3.8) is 0 Å². The molecule has 0 heterocycles. The van der Waals surface area contributed by atoms with E-state index in [2.05, 4.69) is 10.6 Å². The van der Waals surface area contributed by atoms with Crippen LogP contribution in [0.1, 0.15) is 42.3 Å². The molecule has 2 N–H and O–H groups in total. The van der Waals surface area contributed by atoms with E-state index < -0.39 is 23.5 Å². The van der Waals surface area contributed by atoms with Crippen molar-refractivity contribution in [1.29, 1.82) is 0 Å². The van der Waals surface area contributed by atoms with Gasteiger partial charge in [0.1, 0.15) is 18.0 Å². The number of alkyl carbamates (subject to hydrolysis) is 1. The topological polar surface area (TPSA) is 93.7 Å². The van der Waals surface area contributed by atoms with Crippen molar-refractivity contribution in [2.75, 3.05) is 13.1 Å². The van der Waals surface area contributed by atoms with Crippen molar-refractivity contribution in [1.82, 2.24) is 10.6 Å². The first kappa shape index (κ1) is 24.0. The maximum absolute atomic E-state index is 14.0. The first-order valence-corrected chi connectivity index (χ1v) is 9.83. The van der Waals surface area contributed by atoms with Crippen molar-refractivity contribution in [2.45, 2.75) is 39.5 Å². The zero-order valence-electron chi connectivity index (χ0n) is 17.9. The maximum atomic E-state index is 14.0. The molecular weight excluding hydrogens is 403 g/mol. The number of Topliss-reactive ketones (excluding diaryl/α,β-unsaturated/α-hetero) is 1. The molecule has 1 amide bonds. The average Bonchev–Trinajstić information content (AvgIpc) is 2.71. The number of esters is 1. The number of rotatable bonds is 9. The smallest absolute Gasteiger partial charge is 0.407 e. The summed E-state index contributed by atoms with van der Waals surface area (Å²) < 4.78 is 24.3. The van der Waals surface area contributed by atoms with Crippen molar-refractivity contribution >= 4 is 17.8 Å². The molecule has 0 saturated heterocycles. The number of benzene rings is 2. The van der Waals surface area contributed by atoms with Gasteiger partial charge in [-0.2, -0.15) is 0 Å². The first-order valence-electron chi connectivity index (χ1n) is 9.83. The number of nitrogens with one attached hydrogen (secondary N) is 2. The van der Waals surface area contributed by atoms with Gasteiger partial charge in [-0.3, -0.25) is 4.79 Å². The molecule has 166 valence electrons. The SMILES string of the molecule is CC(C)(C)OC(=O)c1ccc(F)c(CNCC(=O)CNC(=O)OCc2ccccc2)c1. The monoisotopic (exact) mass is 430 g/mol. The first-order chi connectivity index (χ1) is 14.6. The van der Waals surface area contributed by atoms with Crippen LogP contribution in [0, 0.1) is 5.82 Å². The van der Waals surface area contributed by atoms with Gasteiger partial charge in [-0.15, -0.1) is 0 Å². The van der Waals surface area contributed by atoms with Gasteiger partial charge >= 0.3 is 12.1 Å². The number of hydrogen-bond acceptors (Lipinski definition) is 6. The number of carbonyl (C=O) groups excluding carboxylic acids is 3. The van der Waals surface area contributed by atoms with Crippen LogP contribution in [-0.2, 0) is 27.4 Å². The normalized spacial score (nSPS) is 11.0. The van der Waals surface area contributed by atoms with Gasteiger partial charge in [-0.25, -0.2) is 14.0 Å². The van der Waals surface area contributed by atoms with Gasteiger partial charge in [0.2, 0.25) is 0 Å². The minimum Gasteiger partial charge on any atom is -0.456 e. The second-order valence-electron chi connectivity index (χ2n) is 7.87. The molecule has 2 rings (SSSR count). The van der Waals surface area contributed by atoms with Crippen LogP contribution in [0.25, 0.3) is 0 Å². The molecule has 7 nitrogen and oxygen atoms in total. The third kappa shape index (κ3) is 8.96. The Morgan fingerprint density at radius 2 is 1.71 bits per heavy atom. The Hall–Kier alpha value is -3.26. The van der Waals surface area contributed by atoms with Crippen molar-refractivity contribution < 1.29 is 28.2 Å². The average molecular weight is 430 g/mol. The van der Waals surface area contributed by atoms with Crippen LogP contribution in [0.3, 0.4) is 0 Å². The second-order valence-corrected chi connectivity index (χ2v) is 7.87. The number of hydrogen-bond donors (Lipinski definition) is 2. The summed E-state index contributed by atoms with van der Waals surface area (Å²) in [5.41, 5.74) is 0.626. The molecule has 0 aliphatic rings. The van der Waals surface area contributed by atoms with Gasteiger partial charge in [0, 0.05) is 12.1 Å². The standard InChI is InChI=1S/C23H27FN2O5/c1-23(2,3)31-21(28)17-9-10-20(24)18(11-17)12-25-13-19(27)14-26-22(29)30-15-16-7-5-4-6-8-16/h4-11,25H,12-15H2,1-3H3,(H,26,29). The van der Waals surface area contributed by atoms with E-state index in [1.807, 2.05) is 30.3 Å². The largest absolute Gasteiger partial charge is 0.456 e. The molecule has 8 heteroatoms. The molecule has 31 heavy (non-hydrogen) atoms. The zero-order chi connectivity index (χ0) is 22.9. The fraction of sp³-hybridized carbons (Fsp3) is 0.348. The van der Waals surface area contributed by atoms with Crippen molar-refractivity contribution in [3.8, 4) is 0 Å². The lowest BCUT2D eigenvalue weighted by Crippen LogP contribution is -2.35. The molecule has 0 fully saturated rings. The van der Waals surface area contributed by atoms with Gasteiger partial charge in [0.05, 0.1) is 18.7 Å². The summed E-state index contributed by atoms with van der Waals surface area (Å²) in [4.78, 5) is 35.7. The molecule has 0 aromatic heterocycles. The summed E-state index contributed by atoms with van der Waals surface area (Å²) in [5.74, 6) is -1.36. The number of amides is 1. The summed E-state index contributed by atoms with van der Waals surface area (Å²) in [6.07, 6.45) is -0.701. The van der Waals surface area contributed by atoms with E-state index in [1.54, 1.807) is 20.8 Å². The second kappa shape index (κ2) is 11.2. The third-order valence-electron chi connectivity index (χ3n) is 3.96. The Morgan fingerprint density at radius 1 is 1.00 bits per heavy atom. The number of ketones is 1. The number of carbonyl (C=O) groups is 3. The van der Waals surface area contributed by atoms with Crippen LogP contribution in [0.4, 0.5) is 9.18 Å². The molecular formula is C23H27FN2O5. The summed E-state index contributed by atoms with van der Waals surface area (Å²) in [6.45, 7) is 5.06. The van der Waals surface area contributed by atoms with E-state index in [4.69, 9.17) is 9.47 Å². The van der Waals surface area contributed by atoms with E-state index in [0.29, 0.717) is 0 Å². The van der Waals surface area contributed by atoms with Gasteiger partial charge in [-0.05, 0) is 44.5 Å². The van der Waals surface area contributed by atoms with E-state index in [9.17, 15) is 18.8 Å². The highest BCUT2D eigenvalue weighted by molar-refractivity contribution is 5.90. The van der Waals surface area contributed by atoms with Gasteiger partial charge in [-0.1, -0.05) is 30.3 Å². The van der Waals surface area contributed by atoms with Gasteiger partial charge < -0.3 is 20.1 Å². The van der Waals surface area contributed by atoms with Crippen LogP contribution in [0.2, 0.25) is 0 Å². The molecule has 0 bridgehead atoms. The minimum atomic E-state index is -0.701. The third-order valence-corrected chi connectivity index (χ3v) is 3.96. The fourth-order valence-electron chi connectivity index (χ4n) is 2.52. The Labute approximate surface area is 180 Å². The Kier molecular flexibility index (Phi) is 8.69. The highest BCUT2D eigenvalue weighted by atomic mass is 19.1. The summed E-state index contributed by atoms with van der Waals surface area (Å²) in [7, 11) is 0. The Balaban J connectivity index is 1.74. The highest BCUT2D eigenvalue weighted by Gasteiger charge is 2.19. The predicted octanol–water partition coefficient (Wildman–Crippen LogP) is 3.37. The lowest BCUT2D eigenvalue weighted by Gasteiger charge is -2.19. The molecule has 0 atom stereocenters. The van der Waals surface area contributed by atoms with Crippen LogP contribution in [-0.4, -0.2) is 36.5 Å². The summed E-state index contributed by atoms with van der Waals surface area (Å²) >= 11 is 0. The van der Waals surface area contributed by atoms with Gasteiger partial charge in [0.15, 0.2) is 5.78 Å². The fourth-order valence-corrected chi connectivity index (χ4v) is 2.52. The summed E-state index contributed by atoms with van der Waals surface area (Å²) in [6, 6.07) is 13.1. The lowest BCUT2D eigenvalue weighted by molar-refractivity contribution is -0.117. The quantitative estimate of drug-likeness (QED) is 0.593. The molecule has 0 spiro atoms. The van der Waals surface area contributed by atoms with Crippen LogP contribution in [0.5, 0.6) is 0 Å². The van der Waals surface area contributed by atoms with E-state index in [0.717, 1.165) is 5.56 Å². The molecule has 2 aromatic rings. The van der Waals surface area contributed by atoms with Crippen LogP contribution in [0.15, 0.2) is 48.5 Å². The Morgan fingerprint density at radius 3 is 2.39 bits per heavy atom. The summed E-state index contributed by atoms with van der Waals surface area (Å²) in [5, 5.41) is 5.18. The molecule has 0 aliphatic carbocycles. The number of ether oxygens (including phenoxy) is 2. The molecule has 0 radical (unpaired) electrons. The minimum absolute atomic E-state index is 0.0344. The molecule has 0 aliphatic heterocycles. The highest BCUT2D eigenvalue weighted by Crippen LogP contribution is 2.15. The van der Waals surface area contributed by atoms with E-state index >= 15 is 0 Å². The van der Waals surface area contributed by atoms with Gasteiger partial charge in [0.25, 0.3) is 0 Å². The van der Waals surface area contributed by atoms with Crippen LogP contribution < -0.4 is 10.6 Å². The predicted molar refractivity (Wildman–Crippen MR) is 113 cm³/mol. The Bertz CT molecular complexity index is 910. The molecule has 2 aromatic carbocycles. The molecule has 0 saturated carbocycles. The van der Waals surface area contributed by atoms with Crippen LogP contribution >= 0.6 is 0 Å². The zero-order valence-corrected chi connectivity index (χ0v) is 17.9. The van der Waals surface area contributed by atoms with E-state index in [-0.39, 0.29) is 43.2 Å². The molecule has 0 unspecified atom stereocenters. The van der Waals surface area contributed by atoms with E-state index in [1.165, 1.54) is 18.2 Å². The van der Waals surface area contributed by atoms with Crippen molar-refractivity contribution in [3.05, 3.63) is 71.0 Å². The lowest BCUT2D eigenvalue weighted by atomic mass is 10.1.